The van der Waals surface area contributed by atoms with Gasteiger partial charge in [-0.1, -0.05) is 31.5 Å². The van der Waals surface area contributed by atoms with E-state index < -0.39 is 0 Å². The first-order valence-corrected chi connectivity index (χ1v) is 9.68. The maximum Gasteiger partial charge on any atom is 0.338 e. The van der Waals surface area contributed by atoms with Gasteiger partial charge >= 0.3 is 12.0 Å². The fourth-order valence-corrected chi connectivity index (χ4v) is 2.59. The van der Waals surface area contributed by atoms with E-state index in [9.17, 15) is 9.59 Å². The molecule has 0 saturated heterocycles. The zero-order valence-corrected chi connectivity index (χ0v) is 16.6. The van der Waals surface area contributed by atoms with Gasteiger partial charge in [-0.25, -0.2) is 9.59 Å². The molecular formula is C22H29N3O3. The van der Waals surface area contributed by atoms with Crippen molar-refractivity contribution in [1.82, 2.24) is 5.32 Å². The van der Waals surface area contributed by atoms with Gasteiger partial charge in [0.1, 0.15) is 0 Å². The molecule has 0 saturated carbocycles. The van der Waals surface area contributed by atoms with E-state index in [0.717, 1.165) is 31.5 Å². The molecule has 0 atom stereocenters. The van der Waals surface area contributed by atoms with E-state index in [2.05, 4.69) is 27.7 Å². The maximum atomic E-state index is 12.0. The minimum atomic E-state index is -0.341. The topological polar surface area (TPSA) is 70.7 Å². The Hall–Kier alpha value is -3.02. The van der Waals surface area contributed by atoms with Crippen LogP contribution in [0.4, 0.5) is 16.2 Å². The highest BCUT2D eigenvalue weighted by Crippen LogP contribution is 2.12. The van der Waals surface area contributed by atoms with Crippen molar-refractivity contribution in [3.8, 4) is 0 Å². The van der Waals surface area contributed by atoms with Gasteiger partial charge in [-0.05, 0) is 49.2 Å². The van der Waals surface area contributed by atoms with Crippen LogP contribution in [0, 0.1) is 0 Å². The first-order valence-electron chi connectivity index (χ1n) is 9.68. The second-order valence-corrected chi connectivity index (χ2v) is 6.56. The summed E-state index contributed by atoms with van der Waals surface area (Å²) in [5.74, 6) is -0.341. The van der Waals surface area contributed by atoms with Crippen LogP contribution in [0.2, 0.25) is 0 Å². The maximum absolute atomic E-state index is 12.0. The van der Waals surface area contributed by atoms with Crippen molar-refractivity contribution in [2.45, 2.75) is 26.2 Å². The molecule has 2 amide bonds. The molecule has 28 heavy (non-hydrogen) atoms. The average molecular weight is 383 g/mol. The van der Waals surface area contributed by atoms with E-state index in [4.69, 9.17) is 4.74 Å². The van der Waals surface area contributed by atoms with E-state index in [0.29, 0.717) is 24.4 Å². The third-order valence-corrected chi connectivity index (χ3v) is 4.26. The monoisotopic (exact) mass is 383 g/mol. The zero-order valence-electron chi connectivity index (χ0n) is 16.6. The second kappa shape index (κ2) is 11.6. The lowest BCUT2D eigenvalue weighted by Gasteiger charge is -2.19. The lowest BCUT2D eigenvalue weighted by Crippen LogP contribution is -2.31. The van der Waals surface area contributed by atoms with Gasteiger partial charge < -0.3 is 20.3 Å². The molecule has 150 valence electrons. The van der Waals surface area contributed by atoms with Gasteiger partial charge in [-0.2, -0.15) is 0 Å². The molecule has 0 heterocycles. The van der Waals surface area contributed by atoms with Crippen LogP contribution < -0.4 is 15.5 Å². The summed E-state index contributed by atoms with van der Waals surface area (Å²) in [6.07, 6.45) is 2.67. The van der Waals surface area contributed by atoms with Crippen LogP contribution in [0.15, 0.2) is 54.6 Å². The lowest BCUT2D eigenvalue weighted by molar-refractivity contribution is 0.0500. The van der Waals surface area contributed by atoms with Crippen molar-refractivity contribution < 1.29 is 14.3 Å². The Kier molecular flexibility index (Phi) is 8.85. The quantitative estimate of drug-likeness (QED) is 0.474. The molecule has 0 radical (unpaired) electrons. The molecule has 2 rings (SSSR count). The van der Waals surface area contributed by atoms with Crippen LogP contribution in [0.5, 0.6) is 0 Å². The molecule has 6 heteroatoms. The van der Waals surface area contributed by atoms with E-state index >= 15 is 0 Å². The van der Waals surface area contributed by atoms with E-state index in [1.54, 1.807) is 24.3 Å². The van der Waals surface area contributed by atoms with E-state index in [1.807, 2.05) is 32.2 Å². The standard InChI is InChI=1S/C22H29N3O3/c1-3-4-17-28-21(26)18-11-13-19(14-12-18)24-22(27)23-15-8-16-25(2)20-9-6-5-7-10-20/h5-7,9-14H,3-4,8,15-17H2,1-2H3,(H2,23,24,27). The normalized spacial score (nSPS) is 10.2. The summed E-state index contributed by atoms with van der Waals surface area (Å²) in [7, 11) is 2.03. The third-order valence-electron chi connectivity index (χ3n) is 4.26. The van der Waals surface area contributed by atoms with Gasteiger partial charge in [0.15, 0.2) is 0 Å². The highest BCUT2D eigenvalue weighted by Gasteiger charge is 2.08. The van der Waals surface area contributed by atoms with Crippen LogP contribution in [0.3, 0.4) is 0 Å². The van der Waals surface area contributed by atoms with E-state index in [-0.39, 0.29) is 12.0 Å². The number of carbonyl (C=O) groups excluding carboxylic acids is 2. The van der Waals surface area contributed by atoms with Gasteiger partial charge in [0.2, 0.25) is 0 Å². The van der Waals surface area contributed by atoms with Crippen molar-refractivity contribution in [2.75, 3.05) is 37.0 Å². The number of hydrogen-bond acceptors (Lipinski definition) is 4. The molecule has 2 N–H and O–H groups in total. The number of esters is 1. The molecule has 0 fully saturated rings. The van der Waals surface area contributed by atoms with Crippen LogP contribution in [-0.2, 0) is 4.74 Å². The van der Waals surface area contributed by atoms with Crippen molar-refractivity contribution in [2.24, 2.45) is 0 Å². The van der Waals surface area contributed by atoms with Gasteiger partial charge in [0, 0.05) is 31.5 Å². The predicted molar refractivity (Wildman–Crippen MR) is 113 cm³/mol. The third kappa shape index (κ3) is 7.31. The Morgan fingerprint density at radius 1 is 1.00 bits per heavy atom. The number of nitrogens with one attached hydrogen (secondary N) is 2. The minimum absolute atomic E-state index is 0.263. The number of para-hydroxylation sites is 1. The van der Waals surface area contributed by atoms with Crippen LogP contribution in [0.25, 0.3) is 0 Å². The zero-order chi connectivity index (χ0) is 20.2. The molecule has 0 spiro atoms. The number of hydrogen-bond donors (Lipinski definition) is 2. The lowest BCUT2D eigenvalue weighted by atomic mass is 10.2. The van der Waals surface area contributed by atoms with Gasteiger partial charge in [0.05, 0.1) is 12.2 Å². The minimum Gasteiger partial charge on any atom is -0.462 e. The van der Waals surface area contributed by atoms with Crippen molar-refractivity contribution in [1.29, 1.82) is 0 Å². The van der Waals surface area contributed by atoms with Crippen molar-refractivity contribution in [3.63, 3.8) is 0 Å². The van der Waals surface area contributed by atoms with Gasteiger partial charge in [-0.3, -0.25) is 0 Å². The smallest absolute Gasteiger partial charge is 0.338 e. The first-order chi connectivity index (χ1) is 13.6. The molecule has 2 aromatic rings. The predicted octanol–water partition coefficient (Wildman–Crippen LogP) is 4.29. The average Bonchev–Trinajstić information content (AvgIpc) is 2.72. The highest BCUT2D eigenvalue weighted by atomic mass is 16.5. The van der Waals surface area contributed by atoms with Crippen molar-refractivity contribution in [3.05, 3.63) is 60.2 Å². The number of benzene rings is 2. The SMILES string of the molecule is CCCCOC(=O)c1ccc(NC(=O)NCCCN(C)c2ccccc2)cc1. The Bertz CT molecular complexity index is 732. The van der Waals surface area contributed by atoms with E-state index in [1.165, 1.54) is 0 Å². The molecule has 6 nitrogen and oxygen atoms in total. The highest BCUT2D eigenvalue weighted by molar-refractivity contribution is 5.92. The number of anilines is 2. The summed E-state index contributed by atoms with van der Waals surface area (Å²) in [6, 6.07) is 16.6. The van der Waals surface area contributed by atoms with Gasteiger partial charge in [-0.15, -0.1) is 0 Å². The first kappa shape index (κ1) is 21.3. The number of amides is 2. The summed E-state index contributed by atoms with van der Waals surface area (Å²) in [5.41, 5.74) is 2.26. The van der Waals surface area contributed by atoms with Crippen LogP contribution >= 0.6 is 0 Å². The number of nitrogens with zero attached hydrogens (tertiary/aromatic N) is 1. The largest absolute Gasteiger partial charge is 0.462 e. The fraction of sp³-hybridized carbons (Fsp3) is 0.364. The number of carbonyl (C=O) groups is 2. The molecule has 0 aromatic heterocycles. The summed E-state index contributed by atoms with van der Waals surface area (Å²) in [4.78, 5) is 26.0. The molecule has 0 bridgehead atoms. The summed E-state index contributed by atoms with van der Waals surface area (Å²) in [6.45, 7) is 3.89. The number of urea groups is 1. The number of rotatable bonds is 10. The number of unbranched alkanes of at least 4 members (excludes halogenated alkanes) is 1. The Labute approximate surface area is 166 Å². The Morgan fingerprint density at radius 3 is 2.39 bits per heavy atom. The van der Waals surface area contributed by atoms with Crippen LogP contribution in [0.1, 0.15) is 36.5 Å². The molecule has 0 aliphatic heterocycles. The number of ether oxygens (including phenoxy) is 1. The van der Waals surface area contributed by atoms with Crippen LogP contribution in [-0.4, -0.2) is 38.7 Å². The molecule has 0 aliphatic carbocycles. The molecule has 0 aliphatic rings. The Balaban J connectivity index is 1.67. The molecule has 2 aromatic carbocycles. The van der Waals surface area contributed by atoms with Gasteiger partial charge in [0.25, 0.3) is 0 Å². The summed E-state index contributed by atoms with van der Waals surface area (Å²) in [5, 5.41) is 5.61. The summed E-state index contributed by atoms with van der Waals surface area (Å²) < 4.78 is 5.16. The summed E-state index contributed by atoms with van der Waals surface area (Å²) >= 11 is 0. The fourth-order valence-electron chi connectivity index (χ4n) is 2.59. The second-order valence-electron chi connectivity index (χ2n) is 6.56. The molecule has 0 unspecified atom stereocenters. The molecular weight excluding hydrogens is 354 g/mol. The Morgan fingerprint density at radius 2 is 1.71 bits per heavy atom. The van der Waals surface area contributed by atoms with Crippen molar-refractivity contribution >= 4 is 23.4 Å².